The average molecular weight is 424 g/mol. The number of pyridine rings is 1. The van der Waals surface area contributed by atoms with Gasteiger partial charge in [0.25, 0.3) is 0 Å². The standard InChI is InChI=1S/C22H25N5O2S/c1-15(27-11-8-24-14-27)21(28)26-9-6-22(7-10-26)16-13-19(30-18(16)5-12-29-22)17-3-2-4-20(23)25-17/h2-4,8,11,13-15H,5-7,9-10,12H2,1H3,(H2,23,25). The molecular formula is C22H25N5O2S. The van der Waals surface area contributed by atoms with Gasteiger partial charge in [-0.15, -0.1) is 11.3 Å². The number of ether oxygens (including phenoxy) is 1. The zero-order valence-corrected chi connectivity index (χ0v) is 17.8. The summed E-state index contributed by atoms with van der Waals surface area (Å²) in [5, 5.41) is 0. The van der Waals surface area contributed by atoms with E-state index >= 15 is 0 Å². The Morgan fingerprint density at radius 1 is 1.33 bits per heavy atom. The van der Waals surface area contributed by atoms with Crippen LogP contribution in [0.25, 0.3) is 10.6 Å². The lowest BCUT2D eigenvalue weighted by Crippen LogP contribution is -2.49. The number of carbonyl (C=O) groups is 1. The Bertz CT molecular complexity index is 1050. The first-order valence-electron chi connectivity index (χ1n) is 10.3. The van der Waals surface area contributed by atoms with E-state index in [0.717, 1.165) is 36.4 Å². The molecule has 0 bridgehead atoms. The van der Waals surface area contributed by atoms with E-state index < -0.39 is 0 Å². The molecule has 3 aromatic heterocycles. The number of aromatic nitrogens is 3. The van der Waals surface area contributed by atoms with Gasteiger partial charge in [-0.3, -0.25) is 4.79 Å². The van der Waals surface area contributed by atoms with Gasteiger partial charge in [0.1, 0.15) is 11.9 Å². The third-order valence-corrected chi connectivity index (χ3v) is 7.46. The Balaban J connectivity index is 1.36. The number of carbonyl (C=O) groups excluding carboxylic acids is 1. The van der Waals surface area contributed by atoms with Gasteiger partial charge in [-0.25, -0.2) is 9.97 Å². The predicted molar refractivity (Wildman–Crippen MR) is 116 cm³/mol. The summed E-state index contributed by atoms with van der Waals surface area (Å²) in [6.07, 6.45) is 7.77. The molecule has 1 unspecified atom stereocenters. The van der Waals surface area contributed by atoms with E-state index in [1.54, 1.807) is 29.9 Å². The lowest BCUT2D eigenvalue weighted by Gasteiger charge is -2.44. The fraction of sp³-hybridized carbons (Fsp3) is 0.409. The van der Waals surface area contributed by atoms with Crippen molar-refractivity contribution in [3.63, 3.8) is 0 Å². The lowest BCUT2D eigenvalue weighted by molar-refractivity contribution is -0.143. The van der Waals surface area contributed by atoms with Crippen molar-refractivity contribution in [1.29, 1.82) is 0 Å². The summed E-state index contributed by atoms with van der Waals surface area (Å²) in [6, 6.07) is 7.73. The van der Waals surface area contributed by atoms with Crippen LogP contribution in [-0.2, 0) is 21.6 Å². The Labute approximate surface area is 179 Å². The highest BCUT2D eigenvalue weighted by atomic mass is 32.1. The minimum atomic E-state index is -0.308. The van der Waals surface area contributed by atoms with Crippen LogP contribution in [0.1, 0.15) is 36.2 Å². The molecule has 2 aliphatic rings. The number of thiophene rings is 1. The van der Waals surface area contributed by atoms with Crippen LogP contribution in [-0.4, -0.2) is 45.0 Å². The van der Waals surface area contributed by atoms with Crippen molar-refractivity contribution in [3.05, 3.63) is 53.4 Å². The average Bonchev–Trinajstić information content (AvgIpc) is 3.44. The second kappa shape index (κ2) is 7.52. The number of rotatable bonds is 3. The van der Waals surface area contributed by atoms with E-state index in [1.165, 1.54) is 10.4 Å². The Morgan fingerprint density at radius 2 is 2.17 bits per heavy atom. The molecule has 2 aliphatic heterocycles. The molecule has 2 N–H and O–H groups in total. The SMILES string of the molecule is CC(C(=O)N1CCC2(CC1)OCCc1sc(-c3cccc(N)n3)cc12)n1ccnc1. The summed E-state index contributed by atoms with van der Waals surface area (Å²) in [7, 11) is 0. The number of likely N-dealkylation sites (tertiary alicyclic amines) is 1. The Morgan fingerprint density at radius 3 is 2.90 bits per heavy atom. The highest BCUT2D eigenvalue weighted by molar-refractivity contribution is 7.15. The van der Waals surface area contributed by atoms with Gasteiger partial charge in [-0.05, 0) is 43.5 Å². The van der Waals surface area contributed by atoms with Gasteiger partial charge in [0.2, 0.25) is 5.91 Å². The second-order valence-corrected chi connectivity index (χ2v) is 9.14. The van der Waals surface area contributed by atoms with Crippen molar-refractivity contribution in [1.82, 2.24) is 19.4 Å². The fourth-order valence-corrected chi connectivity index (χ4v) is 5.72. The molecule has 3 aromatic rings. The maximum absolute atomic E-state index is 13.0. The maximum Gasteiger partial charge on any atom is 0.245 e. The molecule has 0 aromatic carbocycles. The van der Waals surface area contributed by atoms with Crippen LogP contribution in [0.15, 0.2) is 43.0 Å². The zero-order chi connectivity index (χ0) is 20.7. The molecule has 1 saturated heterocycles. The molecule has 8 heteroatoms. The number of hydrogen-bond acceptors (Lipinski definition) is 6. The third kappa shape index (κ3) is 3.30. The van der Waals surface area contributed by atoms with Crippen molar-refractivity contribution in [2.45, 2.75) is 37.8 Å². The molecule has 0 radical (unpaired) electrons. The van der Waals surface area contributed by atoms with Crippen LogP contribution in [0, 0.1) is 0 Å². The smallest absolute Gasteiger partial charge is 0.245 e. The maximum atomic E-state index is 13.0. The van der Waals surface area contributed by atoms with E-state index in [0.29, 0.717) is 18.9 Å². The zero-order valence-electron chi connectivity index (χ0n) is 17.0. The van der Waals surface area contributed by atoms with Crippen molar-refractivity contribution >= 4 is 23.1 Å². The van der Waals surface area contributed by atoms with E-state index in [-0.39, 0.29) is 17.6 Å². The number of amides is 1. The number of nitrogens with two attached hydrogens (primary N) is 1. The van der Waals surface area contributed by atoms with Crippen LogP contribution >= 0.6 is 11.3 Å². The topological polar surface area (TPSA) is 86.3 Å². The number of imidazole rings is 1. The number of hydrogen-bond donors (Lipinski definition) is 1. The molecule has 5 rings (SSSR count). The first-order valence-corrected chi connectivity index (χ1v) is 11.1. The van der Waals surface area contributed by atoms with Gasteiger partial charge in [0, 0.05) is 36.8 Å². The van der Waals surface area contributed by atoms with Crippen LogP contribution in [0.3, 0.4) is 0 Å². The number of nitrogens with zero attached hydrogens (tertiary/aromatic N) is 4. The minimum Gasteiger partial charge on any atom is -0.384 e. The number of nitrogen functional groups attached to an aromatic ring is 1. The summed E-state index contributed by atoms with van der Waals surface area (Å²) in [4.78, 5) is 26.0. The summed E-state index contributed by atoms with van der Waals surface area (Å²) < 4.78 is 8.23. The monoisotopic (exact) mass is 423 g/mol. The van der Waals surface area contributed by atoms with Crippen LogP contribution < -0.4 is 5.73 Å². The Kier molecular flexibility index (Phi) is 4.83. The summed E-state index contributed by atoms with van der Waals surface area (Å²) in [5.41, 5.74) is 7.76. The first kappa shape index (κ1) is 19.3. The molecule has 1 atom stereocenters. The lowest BCUT2D eigenvalue weighted by atomic mass is 9.82. The molecule has 30 heavy (non-hydrogen) atoms. The largest absolute Gasteiger partial charge is 0.384 e. The fourth-order valence-electron chi connectivity index (χ4n) is 4.52. The van der Waals surface area contributed by atoms with Gasteiger partial charge in [-0.2, -0.15) is 0 Å². The van der Waals surface area contributed by atoms with E-state index in [2.05, 4.69) is 16.0 Å². The third-order valence-electron chi connectivity index (χ3n) is 6.24. The van der Waals surface area contributed by atoms with Crippen molar-refractivity contribution < 1.29 is 9.53 Å². The molecule has 156 valence electrons. The highest BCUT2D eigenvalue weighted by Crippen LogP contribution is 2.46. The van der Waals surface area contributed by atoms with Crippen molar-refractivity contribution in [3.8, 4) is 10.6 Å². The van der Waals surface area contributed by atoms with Gasteiger partial charge in [0.15, 0.2) is 0 Å². The van der Waals surface area contributed by atoms with Gasteiger partial charge in [-0.1, -0.05) is 6.07 Å². The predicted octanol–water partition coefficient (Wildman–Crippen LogP) is 3.24. The summed E-state index contributed by atoms with van der Waals surface area (Å²) in [6.45, 7) is 4.03. The van der Waals surface area contributed by atoms with Crippen molar-refractivity contribution in [2.24, 2.45) is 0 Å². The van der Waals surface area contributed by atoms with E-state index in [9.17, 15) is 4.79 Å². The van der Waals surface area contributed by atoms with Gasteiger partial charge >= 0.3 is 0 Å². The summed E-state index contributed by atoms with van der Waals surface area (Å²) in [5.74, 6) is 0.664. The molecule has 5 heterocycles. The van der Waals surface area contributed by atoms with Crippen LogP contribution in [0.4, 0.5) is 5.82 Å². The second-order valence-electron chi connectivity index (χ2n) is 8.00. The van der Waals surface area contributed by atoms with Crippen LogP contribution in [0.5, 0.6) is 0 Å². The molecule has 1 spiro atoms. The highest BCUT2D eigenvalue weighted by Gasteiger charge is 2.43. The first-order chi connectivity index (χ1) is 14.6. The quantitative estimate of drug-likeness (QED) is 0.699. The van der Waals surface area contributed by atoms with Crippen LogP contribution in [0.2, 0.25) is 0 Å². The molecule has 1 fully saturated rings. The Hall–Kier alpha value is -2.71. The van der Waals surface area contributed by atoms with Gasteiger partial charge < -0.3 is 19.9 Å². The molecular weight excluding hydrogens is 398 g/mol. The number of piperidine rings is 1. The summed E-state index contributed by atoms with van der Waals surface area (Å²) >= 11 is 1.79. The number of fused-ring (bicyclic) bond motifs is 2. The van der Waals surface area contributed by atoms with E-state index in [1.807, 2.05) is 34.7 Å². The molecule has 7 nitrogen and oxygen atoms in total. The van der Waals surface area contributed by atoms with Crippen molar-refractivity contribution in [2.75, 3.05) is 25.4 Å². The molecule has 1 amide bonds. The van der Waals surface area contributed by atoms with E-state index in [4.69, 9.17) is 10.5 Å². The number of anilines is 1. The molecule has 0 saturated carbocycles. The van der Waals surface area contributed by atoms with Gasteiger partial charge in [0.05, 0.1) is 29.1 Å². The molecule has 0 aliphatic carbocycles. The minimum absolute atomic E-state index is 0.133. The normalized spacial score (nSPS) is 18.9.